The largest absolute Gasteiger partial charge is 0.418 e. The fraction of sp³-hybridized carbons (Fsp3) is 0.0769. The summed E-state index contributed by atoms with van der Waals surface area (Å²) in [5.74, 6) is -0.991. The lowest BCUT2D eigenvalue weighted by Gasteiger charge is -2.12. The van der Waals surface area contributed by atoms with Crippen molar-refractivity contribution in [3.05, 3.63) is 64.1 Å². The van der Waals surface area contributed by atoms with Gasteiger partial charge in [-0.2, -0.15) is 13.2 Å². The van der Waals surface area contributed by atoms with Crippen LogP contribution >= 0.6 is 0 Å². The molecule has 1 aromatic carbocycles. The molecule has 0 saturated carbocycles. The summed E-state index contributed by atoms with van der Waals surface area (Å²) in [6.07, 6.45) is -4.24. The SMILES string of the molecule is O=C(Nc1ccccc1)c1cc(=O)[nH]cc1C(F)(F)F. The highest BCUT2D eigenvalue weighted by atomic mass is 19.4. The van der Waals surface area contributed by atoms with Crippen LogP contribution in [-0.2, 0) is 6.18 Å². The molecule has 2 aromatic rings. The van der Waals surface area contributed by atoms with Gasteiger partial charge >= 0.3 is 6.18 Å². The van der Waals surface area contributed by atoms with Crippen LogP contribution in [0.2, 0.25) is 0 Å². The monoisotopic (exact) mass is 282 g/mol. The molecule has 1 aromatic heterocycles. The maximum atomic E-state index is 12.8. The molecule has 0 saturated heterocycles. The molecule has 1 heterocycles. The Morgan fingerprint density at radius 1 is 1.15 bits per heavy atom. The third kappa shape index (κ3) is 3.05. The normalized spacial score (nSPS) is 11.2. The highest BCUT2D eigenvalue weighted by molar-refractivity contribution is 6.05. The quantitative estimate of drug-likeness (QED) is 0.889. The number of benzene rings is 1. The van der Waals surface area contributed by atoms with Crippen LogP contribution in [0.4, 0.5) is 18.9 Å². The van der Waals surface area contributed by atoms with E-state index in [1.54, 1.807) is 18.2 Å². The van der Waals surface area contributed by atoms with E-state index in [0.29, 0.717) is 18.0 Å². The number of para-hydroxylation sites is 1. The second-order valence-electron chi connectivity index (χ2n) is 3.94. The van der Waals surface area contributed by atoms with Gasteiger partial charge in [0.2, 0.25) is 5.56 Å². The predicted molar refractivity (Wildman–Crippen MR) is 66.5 cm³/mol. The molecule has 4 nitrogen and oxygen atoms in total. The zero-order valence-corrected chi connectivity index (χ0v) is 9.99. The summed E-state index contributed by atoms with van der Waals surface area (Å²) >= 11 is 0. The molecule has 0 aliphatic rings. The molecule has 0 fully saturated rings. The van der Waals surface area contributed by atoms with Gasteiger partial charge in [0.15, 0.2) is 0 Å². The van der Waals surface area contributed by atoms with Gasteiger partial charge in [0.1, 0.15) is 0 Å². The minimum absolute atomic E-state index is 0.339. The first kappa shape index (κ1) is 13.9. The van der Waals surface area contributed by atoms with Crippen molar-refractivity contribution in [2.75, 3.05) is 5.32 Å². The van der Waals surface area contributed by atoms with Crippen molar-refractivity contribution in [2.24, 2.45) is 0 Å². The number of amides is 1. The highest BCUT2D eigenvalue weighted by Gasteiger charge is 2.35. The van der Waals surface area contributed by atoms with Crippen LogP contribution in [0.5, 0.6) is 0 Å². The van der Waals surface area contributed by atoms with Crippen LogP contribution in [0.25, 0.3) is 0 Å². The van der Waals surface area contributed by atoms with E-state index in [2.05, 4.69) is 5.32 Å². The fourth-order valence-electron chi connectivity index (χ4n) is 1.61. The van der Waals surface area contributed by atoms with E-state index in [-0.39, 0.29) is 0 Å². The maximum absolute atomic E-state index is 12.8. The Labute approximate surface area is 111 Å². The molecule has 0 bridgehead atoms. The molecular weight excluding hydrogens is 273 g/mol. The van der Waals surface area contributed by atoms with Gasteiger partial charge in [0.05, 0.1) is 11.1 Å². The molecule has 0 aliphatic heterocycles. The van der Waals surface area contributed by atoms with Crippen LogP contribution < -0.4 is 10.9 Å². The zero-order chi connectivity index (χ0) is 14.8. The predicted octanol–water partition coefficient (Wildman–Crippen LogP) is 2.65. The number of hydrogen-bond acceptors (Lipinski definition) is 2. The summed E-state index contributed by atoms with van der Waals surface area (Å²) in [7, 11) is 0. The number of carbonyl (C=O) groups is 1. The number of aromatic amines is 1. The number of aromatic nitrogens is 1. The zero-order valence-electron chi connectivity index (χ0n) is 9.99. The number of anilines is 1. The summed E-state index contributed by atoms with van der Waals surface area (Å²) in [6.45, 7) is 0. The van der Waals surface area contributed by atoms with Gasteiger partial charge < -0.3 is 10.3 Å². The summed E-state index contributed by atoms with van der Waals surface area (Å²) < 4.78 is 38.3. The number of H-pyrrole nitrogens is 1. The number of nitrogens with one attached hydrogen (secondary N) is 2. The number of halogens is 3. The summed E-state index contributed by atoms with van der Waals surface area (Å²) in [6, 6.07) is 8.62. The van der Waals surface area contributed by atoms with E-state index in [4.69, 9.17) is 0 Å². The second-order valence-corrected chi connectivity index (χ2v) is 3.94. The molecule has 0 aliphatic carbocycles. The van der Waals surface area contributed by atoms with Crippen molar-refractivity contribution in [1.29, 1.82) is 0 Å². The lowest BCUT2D eigenvalue weighted by Crippen LogP contribution is -2.22. The molecule has 20 heavy (non-hydrogen) atoms. The smallest absolute Gasteiger partial charge is 0.328 e. The van der Waals surface area contributed by atoms with Crippen LogP contribution in [0, 0.1) is 0 Å². The number of pyridine rings is 1. The van der Waals surface area contributed by atoms with Crippen molar-refractivity contribution in [3.63, 3.8) is 0 Å². The summed E-state index contributed by atoms with van der Waals surface area (Å²) in [4.78, 5) is 24.9. The van der Waals surface area contributed by atoms with Crippen molar-refractivity contribution in [1.82, 2.24) is 4.98 Å². The number of rotatable bonds is 2. The van der Waals surface area contributed by atoms with Gasteiger partial charge in [0.25, 0.3) is 5.91 Å². The Kier molecular flexibility index (Phi) is 3.60. The minimum Gasteiger partial charge on any atom is -0.328 e. The van der Waals surface area contributed by atoms with Crippen molar-refractivity contribution in [3.8, 4) is 0 Å². The van der Waals surface area contributed by atoms with Crippen LogP contribution in [0.15, 0.2) is 47.4 Å². The van der Waals surface area contributed by atoms with E-state index >= 15 is 0 Å². The van der Waals surface area contributed by atoms with Gasteiger partial charge in [-0.15, -0.1) is 0 Å². The average Bonchev–Trinajstić information content (AvgIpc) is 2.38. The Morgan fingerprint density at radius 2 is 1.80 bits per heavy atom. The van der Waals surface area contributed by atoms with Gasteiger partial charge in [-0.3, -0.25) is 9.59 Å². The first-order valence-electron chi connectivity index (χ1n) is 5.54. The van der Waals surface area contributed by atoms with Gasteiger partial charge in [-0.1, -0.05) is 18.2 Å². The number of hydrogen-bond donors (Lipinski definition) is 2. The Hall–Kier alpha value is -2.57. The Balaban J connectivity index is 2.39. The molecule has 0 atom stereocenters. The third-order valence-corrected chi connectivity index (χ3v) is 2.51. The number of alkyl halides is 3. The van der Waals surface area contributed by atoms with Gasteiger partial charge in [-0.25, -0.2) is 0 Å². The molecule has 2 N–H and O–H groups in total. The fourth-order valence-corrected chi connectivity index (χ4v) is 1.61. The average molecular weight is 282 g/mol. The molecule has 1 amide bonds. The second kappa shape index (κ2) is 5.20. The van der Waals surface area contributed by atoms with Crippen LogP contribution in [-0.4, -0.2) is 10.9 Å². The van der Waals surface area contributed by atoms with Crippen LogP contribution in [0.3, 0.4) is 0 Å². The topological polar surface area (TPSA) is 62.0 Å². The number of carbonyl (C=O) groups excluding carboxylic acids is 1. The Morgan fingerprint density at radius 3 is 2.40 bits per heavy atom. The Bertz CT molecular complexity index is 678. The van der Waals surface area contributed by atoms with Crippen molar-refractivity contribution in [2.45, 2.75) is 6.18 Å². The molecule has 0 spiro atoms. The molecule has 2 rings (SSSR count). The van der Waals surface area contributed by atoms with Crippen molar-refractivity contribution >= 4 is 11.6 Å². The molecule has 7 heteroatoms. The van der Waals surface area contributed by atoms with E-state index in [0.717, 1.165) is 0 Å². The molecular formula is C13H9F3N2O2. The first-order valence-corrected chi connectivity index (χ1v) is 5.54. The summed E-state index contributed by atoms with van der Waals surface area (Å²) in [5.41, 5.74) is -2.35. The van der Waals surface area contributed by atoms with Crippen LogP contribution in [0.1, 0.15) is 15.9 Å². The van der Waals surface area contributed by atoms with Gasteiger partial charge in [-0.05, 0) is 12.1 Å². The molecule has 104 valence electrons. The first-order chi connectivity index (χ1) is 9.38. The van der Waals surface area contributed by atoms with Gasteiger partial charge in [0, 0.05) is 18.0 Å². The molecule has 0 unspecified atom stereocenters. The third-order valence-electron chi connectivity index (χ3n) is 2.51. The van der Waals surface area contributed by atoms with Crippen molar-refractivity contribution < 1.29 is 18.0 Å². The van der Waals surface area contributed by atoms with E-state index in [1.165, 1.54) is 12.1 Å². The maximum Gasteiger partial charge on any atom is 0.418 e. The van der Waals surface area contributed by atoms with E-state index < -0.39 is 28.8 Å². The standard InChI is InChI=1S/C13H9F3N2O2/c14-13(15,16)10-7-17-11(19)6-9(10)12(20)18-8-4-2-1-3-5-8/h1-7H,(H,17,19)(H,18,20). The summed E-state index contributed by atoms with van der Waals surface area (Å²) in [5, 5.41) is 2.31. The lowest BCUT2D eigenvalue weighted by molar-refractivity contribution is -0.138. The van der Waals surface area contributed by atoms with E-state index in [1.807, 2.05) is 4.98 Å². The minimum atomic E-state index is -4.73. The molecule has 0 radical (unpaired) electrons. The van der Waals surface area contributed by atoms with E-state index in [9.17, 15) is 22.8 Å². The lowest BCUT2D eigenvalue weighted by atomic mass is 10.1. The highest BCUT2D eigenvalue weighted by Crippen LogP contribution is 2.31.